The van der Waals surface area contributed by atoms with E-state index >= 15 is 0 Å². The van der Waals surface area contributed by atoms with Crippen LogP contribution >= 0.6 is 0 Å². The second kappa shape index (κ2) is 339. The van der Waals surface area contributed by atoms with E-state index in [9.17, 15) is 0 Å². The van der Waals surface area contributed by atoms with Crippen LogP contribution in [0.15, 0.2) is 0 Å². The minimum Gasteiger partial charge on any atom is -2.00 e. The minimum atomic E-state index is 0. The van der Waals surface area contributed by atoms with Gasteiger partial charge in [-0.3, -0.25) is 0 Å². The van der Waals surface area contributed by atoms with Gasteiger partial charge in [0.05, 0.1) is 0 Å². The zero-order chi connectivity index (χ0) is 0. The molecule has 0 amide bonds. The Morgan fingerprint density at radius 3 is 0.400 bits per heavy atom. The summed E-state index contributed by atoms with van der Waals surface area (Å²) in [5.74, 6) is 0. The molecular weight excluding hydrogens is 352 g/mol. The van der Waals surface area contributed by atoms with E-state index in [0.717, 1.165) is 0 Å². The Bertz CT molecular complexity index is 13.6. The first-order valence-electron chi connectivity index (χ1n) is 0. The van der Waals surface area contributed by atoms with Crippen LogP contribution in [0.3, 0.4) is 0 Å². The van der Waals surface area contributed by atoms with Crippen molar-refractivity contribution in [1.29, 1.82) is 0 Å². The van der Waals surface area contributed by atoms with Gasteiger partial charge in [-0.05, 0) is 0 Å². The van der Waals surface area contributed by atoms with Crippen LogP contribution in [0.5, 0.6) is 0 Å². The van der Waals surface area contributed by atoms with E-state index in [1.165, 1.54) is 0 Å². The average Bonchev–Trinajstić information content (AvgIpc) is 0. The molecule has 0 aliphatic carbocycles. The predicted octanol–water partition coefficient (Wildman–Crippen LogP) is -0.839. The Morgan fingerprint density at radius 1 is 0.400 bits per heavy atom. The minimum absolute atomic E-state index is 0. The fraction of sp³-hybridized carbons (Fsp3) is 0. The molecule has 0 saturated carbocycles. The Balaban J connectivity index is 0. The van der Waals surface area contributed by atoms with Crippen LogP contribution in [-0.2, 0) is 100 Å². The molecule has 0 unspecified atom stereocenters. The van der Waals surface area contributed by atoms with E-state index in [1.54, 1.807) is 0 Å². The van der Waals surface area contributed by atoms with Gasteiger partial charge in [-0.25, -0.2) is 0 Å². The maximum absolute atomic E-state index is 0. The second-order valence-corrected chi connectivity index (χ2v) is 0. The Kier molecular flexibility index (Phi) is 15200. The van der Waals surface area contributed by atoms with Gasteiger partial charge in [0, 0.05) is 18.6 Å². The Labute approximate surface area is 99.8 Å². The zero-order valence-corrected chi connectivity index (χ0v) is 9.76. The van der Waals surface area contributed by atoms with Gasteiger partial charge in [0.15, 0.2) is 0 Å². The molecule has 0 aromatic heterocycles. The summed E-state index contributed by atoms with van der Waals surface area (Å²) in [5.41, 5.74) is 0. The van der Waals surface area contributed by atoms with Gasteiger partial charge in [0.25, 0.3) is 0 Å². The van der Waals surface area contributed by atoms with Crippen molar-refractivity contribution in [2.24, 2.45) is 0 Å². The molecule has 0 heterocycles. The van der Waals surface area contributed by atoms with Crippen LogP contribution in [0.2, 0.25) is 0 Å². The number of rotatable bonds is 0. The van der Waals surface area contributed by atoms with E-state index in [1.807, 2.05) is 0 Å². The molecule has 1 radical (unpaired) electrons. The van der Waals surface area contributed by atoms with Gasteiger partial charge in [0.2, 0.25) is 0 Å². The summed E-state index contributed by atoms with van der Waals surface area (Å²) >= 11 is 0. The van der Waals surface area contributed by atoms with E-state index in [2.05, 4.69) is 0 Å². The van der Waals surface area contributed by atoms with Gasteiger partial charge >= 0.3 is 43.4 Å². The SMILES string of the molecule is [Mo+4].[Nb+5].[O-2].[O-2].[O-2].[O-2].[O-2].[O-2].[O-2].[V]. The number of hydrogen-bond acceptors (Lipinski definition) is 0. The third kappa shape index (κ3) is 247. The van der Waals surface area contributed by atoms with E-state index in [-0.39, 0.29) is 100 Å². The maximum atomic E-state index is 0. The molecule has 7 nitrogen and oxygen atoms in total. The molecular formula is MoNbO7V-5. The predicted molar refractivity (Wildman–Crippen MR) is 4.81 cm³/mol. The standard InChI is InChI=1S/Mo.Nb.7O.V/q+4;+5;7*-2;. The molecule has 0 saturated heterocycles. The van der Waals surface area contributed by atoms with Crippen LogP contribution in [0.25, 0.3) is 0 Å². The monoisotopic (exact) mass is 354 g/mol. The summed E-state index contributed by atoms with van der Waals surface area (Å²) in [6, 6.07) is 0. The Morgan fingerprint density at radius 2 is 0.400 bits per heavy atom. The van der Waals surface area contributed by atoms with Gasteiger partial charge in [-0.1, -0.05) is 0 Å². The Hall–Kier alpha value is 1.73. The molecule has 0 aliphatic heterocycles. The van der Waals surface area contributed by atoms with Crippen LogP contribution in [-0.4, -0.2) is 0 Å². The van der Waals surface area contributed by atoms with Crippen molar-refractivity contribution in [3.8, 4) is 0 Å². The largest absolute Gasteiger partial charge is 5.00 e. The molecule has 0 aromatic carbocycles. The molecule has 10 heteroatoms. The summed E-state index contributed by atoms with van der Waals surface area (Å²) in [6.07, 6.45) is 0. The van der Waals surface area contributed by atoms with Gasteiger partial charge < -0.3 is 38.3 Å². The van der Waals surface area contributed by atoms with Crippen molar-refractivity contribution in [1.82, 2.24) is 0 Å². The molecule has 0 rings (SSSR count). The molecule has 0 aliphatic rings. The van der Waals surface area contributed by atoms with Gasteiger partial charge in [-0.2, -0.15) is 0 Å². The van der Waals surface area contributed by atoms with Crippen molar-refractivity contribution in [2.45, 2.75) is 0 Å². The molecule has 63 valence electrons. The van der Waals surface area contributed by atoms with Crippen molar-refractivity contribution < 1.29 is 100 Å². The molecule has 0 spiro atoms. The van der Waals surface area contributed by atoms with Crippen molar-refractivity contribution >= 4 is 0 Å². The quantitative estimate of drug-likeness (QED) is 0.490. The molecule has 0 fully saturated rings. The summed E-state index contributed by atoms with van der Waals surface area (Å²) in [5, 5.41) is 0. The molecule has 0 atom stereocenters. The van der Waals surface area contributed by atoms with Crippen LogP contribution in [0.1, 0.15) is 0 Å². The van der Waals surface area contributed by atoms with Crippen molar-refractivity contribution in [3.05, 3.63) is 0 Å². The van der Waals surface area contributed by atoms with E-state index < -0.39 is 0 Å². The fourth-order valence-corrected chi connectivity index (χ4v) is 0. The third-order valence-corrected chi connectivity index (χ3v) is 0. The first kappa shape index (κ1) is 450. The van der Waals surface area contributed by atoms with Crippen LogP contribution in [0, 0.1) is 0 Å². The average molecular weight is 352 g/mol. The van der Waals surface area contributed by atoms with Gasteiger partial charge in [0.1, 0.15) is 0 Å². The molecule has 10 heavy (non-hydrogen) atoms. The first-order chi connectivity index (χ1) is 0. The maximum Gasteiger partial charge on any atom is 5.00 e. The van der Waals surface area contributed by atoms with Crippen molar-refractivity contribution in [3.63, 3.8) is 0 Å². The number of hydrogen-bond donors (Lipinski definition) is 0. The first-order valence-corrected chi connectivity index (χ1v) is 0. The van der Waals surface area contributed by atoms with Gasteiger partial charge in [-0.15, -0.1) is 0 Å². The fourth-order valence-electron chi connectivity index (χ4n) is 0. The van der Waals surface area contributed by atoms with E-state index in [0.29, 0.717) is 0 Å². The smallest absolute Gasteiger partial charge is 2.00 e. The summed E-state index contributed by atoms with van der Waals surface area (Å²) < 4.78 is 0. The second-order valence-electron chi connectivity index (χ2n) is 0. The van der Waals surface area contributed by atoms with Crippen LogP contribution < -0.4 is 0 Å². The van der Waals surface area contributed by atoms with Crippen LogP contribution in [0.4, 0.5) is 0 Å². The zero-order valence-electron chi connectivity index (χ0n) is 4.16. The molecule has 0 N–H and O–H groups in total. The van der Waals surface area contributed by atoms with E-state index in [4.69, 9.17) is 0 Å². The summed E-state index contributed by atoms with van der Waals surface area (Å²) in [4.78, 5) is 0. The third-order valence-electron chi connectivity index (χ3n) is 0. The topological polar surface area (TPSA) is 200 Å². The molecule has 0 aromatic rings. The summed E-state index contributed by atoms with van der Waals surface area (Å²) in [6.45, 7) is 0. The summed E-state index contributed by atoms with van der Waals surface area (Å²) in [7, 11) is 0. The van der Waals surface area contributed by atoms with Crippen molar-refractivity contribution in [2.75, 3.05) is 0 Å². The normalized spacial score (nSPS) is 0. The molecule has 0 bridgehead atoms.